The Labute approximate surface area is 270 Å². The number of likely N-dealkylation sites (N-methyl/N-ethyl adjacent to an activating group) is 1. The number of hydrogen-bond donors (Lipinski definition) is 0. The van der Waals surface area contributed by atoms with Crippen LogP contribution in [0.2, 0.25) is 10.0 Å². The van der Waals surface area contributed by atoms with E-state index in [1.54, 1.807) is 25.7 Å². The number of hydrogen-bond acceptors (Lipinski definition) is 10. The van der Waals surface area contributed by atoms with Gasteiger partial charge in [0.15, 0.2) is 5.82 Å². The molecule has 2 fully saturated rings. The zero-order valence-electron chi connectivity index (χ0n) is 25.9. The monoisotopic (exact) mass is 659 g/mol. The van der Waals surface area contributed by atoms with Crippen LogP contribution in [0.25, 0.3) is 16.6 Å². The Balaban J connectivity index is 1.58. The Morgan fingerprint density at radius 1 is 1.13 bits per heavy atom. The average molecular weight is 661 g/mol. The summed E-state index contributed by atoms with van der Waals surface area (Å²) in [6, 6.07) is 4.53. The topological polar surface area (TPSA) is 124 Å². The van der Waals surface area contributed by atoms with E-state index in [4.69, 9.17) is 32.9 Å². The van der Waals surface area contributed by atoms with Gasteiger partial charge in [-0.2, -0.15) is 20.0 Å². The molecule has 2 saturated heterocycles. The van der Waals surface area contributed by atoms with E-state index in [1.807, 2.05) is 9.80 Å². The molecule has 12 nitrogen and oxygen atoms in total. The van der Waals surface area contributed by atoms with Crippen molar-refractivity contribution in [3.05, 3.63) is 44.5 Å². The number of piperazine rings is 1. The van der Waals surface area contributed by atoms with E-state index in [-0.39, 0.29) is 40.8 Å². The van der Waals surface area contributed by atoms with Crippen LogP contribution in [0.15, 0.2) is 23.1 Å². The maximum absolute atomic E-state index is 15.1. The summed E-state index contributed by atoms with van der Waals surface area (Å²) in [6.07, 6.45) is 0.993. The van der Waals surface area contributed by atoms with Crippen LogP contribution in [0.1, 0.15) is 41.0 Å². The molecule has 2 aromatic heterocycles. The van der Waals surface area contributed by atoms with Crippen LogP contribution in [0.5, 0.6) is 0 Å². The molecule has 2 aliphatic heterocycles. The predicted octanol–water partition coefficient (Wildman–Crippen LogP) is 4.49. The van der Waals surface area contributed by atoms with E-state index >= 15 is 4.39 Å². The van der Waals surface area contributed by atoms with Gasteiger partial charge >= 0.3 is 6.09 Å². The molecule has 0 radical (unpaired) electrons. The van der Waals surface area contributed by atoms with Crippen molar-refractivity contribution < 1.29 is 13.9 Å². The molecule has 1 amide bonds. The highest BCUT2D eigenvalue weighted by atomic mass is 35.5. The molecule has 3 aromatic rings. The van der Waals surface area contributed by atoms with Gasteiger partial charge in [0.2, 0.25) is 5.95 Å². The van der Waals surface area contributed by atoms with Crippen LogP contribution in [0, 0.1) is 17.1 Å². The molecule has 2 aliphatic rings. The summed E-state index contributed by atoms with van der Waals surface area (Å²) in [5.41, 5.74) is -1.52. The first-order chi connectivity index (χ1) is 21.3. The highest BCUT2D eigenvalue weighted by Crippen LogP contribution is 2.31. The van der Waals surface area contributed by atoms with E-state index in [2.05, 4.69) is 34.9 Å². The number of aromatic nitrogens is 4. The van der Waals surface area contributed by atoms with Crippen molar-refractivity contribution in [1.29, 1.82) is 5.26 Å². The van der Waals surface area contributed by atoms with Crippen molar-refractivity contribution in [2.24, 2.45) is 0 Å². The van der Waals surface area contributed by atoms with Gasteiger partial charge in [0.05, 0.1) is 35.1 Å². The number of nitriles is 1. The standard InChI is InChI=1S/C30H36Cl2FN9O3/c1-6-38(7-2)20-16-40(17-20)28-36-25-21(14-35-42(27(25)43)23-13-18(31)12-22(32)24(23)33)26(37-28)39-10-11-41(19(15-39)8-9-34)29(44)45-30(3,4)5/h12-14,19-20H,6-8,10-11,15-17H2,1-5H3. The van der Waals surface area contributed by atoms with Crippen LogP contribution in [-0.2, 0) is 4.74 Å². The number of fused-ring (bicyclic) bond motifs is 1. The molecule has 45 heavy (non-hydrogen) atoms. The molecule has 0 spiro atoms. The predicted molar refractivity (Wildman–Crippen MR) is 171 cm³/mol. The smallest absolute Gasteiger partial charge is 0.410 e. The minimum Gasteiger partial charge on any atom is -0.444 e. The molecule has 15 heteroatoms. The molecule has 0 N–H and O–H groups in total. The summed E-state index contributed by atoms with van der Waals surface area (Å²) in [4.78, 5) is 44.4. The molecule has 0 bridgehead atoms. The zero-order chi connectivity index (χ0) is 32.6. The Hall–Kier alpha value is -3.73. The third-order valence-corrected chi connectivity index (χ3v) is 8.52. The number of anilines is 2. The number of benzene rings is 1. The van der Waals surface area contributed by atoms with E-state index in [0.717, 1.165) is 17.8 Å². The van der Waals surface area contributed by atoms with Crippen LogP contribution in [0.3, 0.4) is 0 Å². The third-order valence-electron chi connectivity index (χ3n) is 8.02. The lowest BCUT2D eigenvalue weighted by molar-refractivity contribution is 0.0145. The summed E-state index contributed by atoms with van der Waals surface area (Å²) < 4.78 is 21.6. The molecule has 4 heterocycles. The molecule has 5 rings (SSSR count). The minimum absolute atomic E-state index is 0.0400. The largest absolute Gasteiger partial charge is 0.444 e. The van der Waals surface area contributed by atoms with Crippen molar-refractivity contribution in [1.82, 2.24) is 29.5 Å². The lowest BCUT2D eigenvalue weighted by Gasteiger charge is -2.45. The van der Waals surface area contributed by atoms with E-state index in [9.17, 15) is 14.9 Å². The second kappa shape index (κ2) is 12.9. The molecule has 1 unspecified atom stereocenters. The summed E-state index contributed by atoms with van der Waals surface area (Å²) >= 11 is 12.2. The van der Waals surface area contributed by atoms with E-state index in [1.165, 1.54) is 18.3 Å². The number of ether oxygens (including phenoxy) is 1. The highest BCUT2D eigenvalue weighted by molar-refractivity contribution is 6.35. The Morgan fingerprint density at radius 3 is 2.49 bits per heavy atom. The first-order valence-electron chi connectivity index (χ1n) is 14.9. The van der Waals surface area contributed by atoms with Gasteiger partial charge in [0, 0.05) is 43.8 Å². The van der Waals surface area contributed by atoms with Gasteiger partial charge in [-0.15, -0.1) is 0 Å². The normalized spacial score (nSPS) is 17.5. The number of nitrogens with zero attached hydrogens (tertiary/aromatic N) is 9. The summed E-state index contributed by atoms with van der Waals surface area (Å²) in [7, 11) is 0. The molecule has 1 atom stereocenters. The first kappa shape index (κ1) is 32.7. The SMILES string of the molecule is CCN(CC)C1CN(c2nc(N3CCN(C(=O)OC(C)(C)C)C(CC#N)C3)c3cnn(-c4cc(Cl)cc(Cl)c4F)c(=O)c3n2)C1. The van der Waals surface area contributed by atoms with Crippen molar-refractivity contribution in [3.8, 4) is 11.8 Å². The van der Waals surface area contributed by atoms with Crippen LogP contribution < -0.4 is 15.4 Å². The van der Waals surface area contributed by atoms with E-state index in [0.29, 0.717) is 42.8 Å². The number of halogens is 3. The van der Waals surface area contributed by atoms with Crippen LogP contribution >= 0.6 is 23.2 Å². The molecular weight excluding hydrogens is 624 g/mol. The number of carbonyl (C=O) groups is 1. The lowest BCUT2D eigenvalue weighted by Crippen LogP contribution is -2.60. The van der Waals surface area contributed by atoms with Gasteiger partial charge in [-0.3, -0.25) is 9.69 Å². The van der Waals surface area contributed by atoms with Crippen molar-refractivity contribution in [3.63, 3.8) is 0 Å². The van der Waals surface area contributed by atoms with Gasteiger partial charge in [0.25, 0.3) is 5.56 Å². The fraction of sp³-hybridized carbons (Fsp3) is 0.533. The molecular formula is C30H36Cl2FN9O3. The zero-order valence-corrected chi connectivity index (χ0v) is 27.4. The van der Waals surface area contributed by atoms with Crippen LogP contribution in [-0.4, -0.2) is 99.1 Å². The first-order valence-corrected chi connectivity index (χ1v) is 15.7. The van der Waals surface area contributed by atoms with Crippen molar-refractivity contribution in [2.75, 3.05) is 55.6 Å². The third kappa shape index (κ3) is 6.64. The van der Waals surface area contributed by atoms with E-state index < -0.39 is 29.1 Å². The van der Waals surface area contributed by atoms with Crippen molar-refractivity contribution >= 4 is 52.0 Å². The van der Waals surface area contributed by atoms with Crippen molar-refractivity contribution in [2.45, 2.75) is 58.7 Å². The van der Waals surface area contributed by atoms with Gasteiger partial charge in [-0.05, 0) is 46.0 Å². The average Bonchev–Trinajstić information content (AvgIpc) is 2.96. The summed E-state index contributed by atoms with van der Waals surface area (Å²) in [6.45, 7) is 13.7. The lowest BCUT2D eigenvalue weighted by atomic mass is 10.1. The fourth-order valence-electron chi connectivity index (χ4n) is 5.73. The van der Waals surface area contributed by atoms with Gasteiger partial charge in [-0.1, -0.05) is 37.0 Å². The summed E-state index contributed by atoms with van der Waals surface area (Å²) in [5.74, 6) is -0.0480. The molecule has 0 aliphatic carbocycles. The maximum Gasteiger partial charge on any atom is 0.410 e. The number of rotatable bonds is 7. The minimum atomic E-state index is -0.841. The number of amides is 1. The molecule has 0 saturated carbocycles. The van der Waals surface area contributed by atoms with Gasteiger partial charge < -0.3 is 19.4 Å². The van der Waals surface area contributed by atoms with Crippen LogP contribution in [0.4, 0.5) is 21.0 Å². The quantitative estimate of drug-likeness (QED) is 0.335. The van der Waals surface area contributed by atoms with Gasteiger partial charge in [0.1, 0.15) is 22.6 Å². The summed E-state index contributed by atoms with van der Waals surface area (Å²) in [5, 5.41) is 14.1. The Morgan fingerprint density at radius 2 is 1.84 bits per heavy atom. The highest BCUT2D eigenvalue weighted by Gasteiger charge is 2.37. The molecule has 240 valence electrons. The molecule has 1 aromatic carbocycles. The second-order valence-corrected chi connectivity index (χ2v) is 13.0. The second-order valence-electron chi connectivity index (χ2n) is 12.1. The Kier molecular flexibility index (Phi) is 9.39. The van der Waals surface area contributed by atoms with Gasteiger partial charge in [-0.25, -0.2) is 14.2 Å². The fourth-order valence-corrected chi connectivity index (χ4v) is 6.21. The Bertz CT molecular complexity index is 1700. The number of carbonyl (C=O) groups excluding carboxylic acids is 1. The maximum atomic E-state index is 15.1.